The van der Waals surface area contributed by atoms with Gasteiger partial charge in [0.05, 0.1) is 47.4 Å². The van der Waals surface area contributed by atoms with Gasteiger partial charge >= 0.3 is 24.5 Å². The quantitative estimate of drug-likeness (QED) is 0.0645. The van der Waals surface area contributed by atoms with Crippen LogP contribution in [0.2, 0.25) is 0 Å². The Morgan fingerprint density at radius 2 is 1.51 bits per heavy atom. The molecule has 1 aliphatic rings. The fourth-order valence-electron chi connectivity index (χ4n) is 4.71. The molecule has 3 N–H and O–H groups in total. The van der Waals surface area contributed by atoms with Gasteiger partial charge in [-0.25, -0.2) is 9.59 Å². The molecule has 0 spiro atoms. The molecule has 0 atom stereocenters. The van der Waals surface area contributed by atoms with E-state index >= 15 is 0 Å². The predicted octanol–water partition coefficient (Wildman–Crippen LogP) is 7.01. The number of carbonyl (C=O) groups excluding carboxylic acids is 4. The number of carbonyl (C=O) groups is 4. The van der Waals surface area contributed by atoms with Crippen molar-refractivity contribution >= 4 is 52.1 Å². The lowest BCUT2D eigenvalue weighted by molar-refractivity contribution is -0.143. The minimum absolute atomic E-state index is 0.0605. The van der Waals surface area contributed by atoms with Crippen molar-refractivity contribution in [2.75, 3.05) is 13.2 Å². The molecule has 1 fully saturated rings. The first kappa shape index (κ1) is 40.9. The normalized spacial score (nSPS) is 15.1. The van der Waals surface area contributed by atoms with Gasteiger partial charge in [-0.1, -0.05) is 12.1 Å². The fourth-order valence-corrected chi connectivity index (χ4v) is 5.57. The minimum Gasteiger partial charge on any atom is -0.444 e. The highest BCUT2D eigenvalue weighted by Gasteiger charge is 2.38. The molecule has 1 aliphatic heterocycles. The second-order valence-corrected chi connectivity index (χ2v) is 14.5. The summed E-state index contributed by atoms with van der Waals surface area (Å²) in [4.78, 5) is 56.6. The third-order valence-electron chi connectivity index (χ3n) is 6.84. The van der Waals surface area contributed by atoms with Crippen LogP contribution in [0.1, 0.15) is 63.8 Å². The second-order valence-electron chi connectivity index (χ2n) is 13.5. The Hall–Kier alpha value is -4.82. The number of nitrogens with one attached hydrogen (secondary N) is 3. The predicted molar refractivity (Wildman–Crippen MR) is 180 cm³/mol. The summed E-state index contributed by atoms with van der Waals surface area (Å²) in [5.41, 5.74) is -1.74. The van der Waals surface area contributed by atoms with Gasteiger partial charge in [-0.2, -0.15) is 36.9 Å². The number of alkyl halides is 6. The molecule has 0 unspecified atom stereocenters. The van der Waals surface area contributed by atoms with Crippen LogP contribution in [0.25, 0.3) is 17.0 Å². The van der Waals surface area contributed by atoms with E-state index in [1.54, 1.807) is 47.6 Å². The molecule has 2 aromatic carbocycles. The first-order chi connectivity index (χ1) is 24.4. The molecule has 3 aromatic rings. The highest BCUT2D eigenvalue weighted by Crippen LogP contribution is 2.38. The average Bonchev–Trinajstić information content (AvgIpc) is 3.50. The summed E-state index contributed by atoms with van der Waals surface area (Å²) in [6, 6.07) is 6.04. The highest BCUT2D eigenvalue weighted by atomic mass is 32.2. The molecule has 13 nitrogen and oxygen atoms in total. The van der Waals surface area contributed by atoms with Gasteiger partial charge in [-0.15, -0.1) is 0 Å². The first-order valence-electron chi connectivity index (χ1n) is 15.7. The number of amides is 4. The molecule has 0 bridgehead atoms. The standard InChI is InChI=1S/C33H36F6N6O7S/c1-30(2,3)51-27(47)41-26(42-28(48)52-31(4,5)6)43-50-12-11-44-25(46)24(53-29(44)49)14-18-7-10-23-20(13-18)16-40-45(23)17-19-8-9-21(32(34,35)36)15-22(19)33(37,38)39/h7-10,13-16,26,43H,11-12,17H2,1-6H3,(H,41,47)(H,42,48). The maximum Gasteiger partial charge on any atom is 0.416 e. The van der Waals surface area contributed by atoms with Crippen molar-refractivity contribution in [3.05, 3.63) is 69.8 Å². The fraction of sp³-hybridized carbons (Fsp3) is 0.424. The number of hydroxylamine groups is 1. The summed E-state index contributed by atoms with van der Waals surface area (Å²) >= 11 is 0.655. The Morgan fingerprint density at radius 1 is 0.887 bits per heavy atom. The van der Waals surface area contributed by atoms with Crippen LogP contribution < -0.4 is 16.1 Å². The molecule has 53 heavy (non-hydrogen) atoms. The van der Waals surface area contributed by atoms with E-state index in [1.165, 1.54) is 29.1 Å². The lowest BCUT2D eigenvalue weighted by atomic mass is 10.0. The number of fused-ring (bicyclic) bond motifs is 1. The van der Waals surface area contributed by atoms with Crippen LogP contribution in [-0.4, -0.2) is 68.7 Å². The maximum absolute atomic E-state index is 13.7. The van der Waals surface area contributed by atoms with Gasteiger partial charge in [-0.05, 0) is 94.8 Å². The van der Waals surface area contributed by atoms with Crippen molar-refractivity contribution < 1.29 is 59.8 Å². The molecule has 1 aromatic heterocycles. The topological polar surface area (TPSA) is 153 Å². The summed E-state index contributed by atoms with van der Waals surface area (Å²) in [5, 5.41) is 8.66. The first-order valence-corrected chi connectivity index (χ1v) is 16.6. The minimum atomic E-state index is -5.04. The molecule has 20 heteroatoms. The van der Waals surface area contributed by atoms with Gasteiger partial charge in [0, 0.05) is 5.39 Å². The lowest BCUT2D eigenvalue weighted by Gasteiger charge is -2.26. The molecule has 1 saturated heterocycles. The Balaban J connectivity index is 1.40. The van der Waals surface area contributed by atoms with Crippen molar-refractivity contribution in [2.45, 2.75) is 77.9 Å². The number of imide groups is 1. The Kier molecular flexibility index (Phi) is 12.1. The Morgan fingerprint density at radius 3 is 2.08 bits per heavy atom. The molecular weight excluding hydrogens is 738 g/mol. The van der Waals surface area contributed by atoms with Crippen molar-refractivity contribution in [2.24, 2.45) is 0 Å². The largest absolute Gasteiger partial charge is 0.444 e. The molecular formula is C33H36F6N6O7S. The molecule has 2 heterocycles. The van der Waals surface area contributed by atoms with Gasteiger partial charge in [-0.3, -0.25) is 34.6 Å². The van der Waals surface area contributed by atoms with Crippen molar-refractivity contribution in [1.29, 1.82) is 0 Å². The van der Waals surface area contributed by atoms with Crippen LogP contribution >= 0.6 is 11.8 Å². The van der Waals surface area contributed by atoms with E-state index in [0.717, 1.165) is 11.0 Å². The monoisotopic (exact) mass is 774 g/mol. The molecule has 288 valence electrons. The summed E-state index contributed by atoms with van der Waals surface area (Å²) < 4.78 is 91.9. The SMILES string of the molecule is CC(C)(C)OC(=O)NC(NOCCN1C(=O)SC(=Cc2ccc3c(cnn3Cc3ccc(C(F)(F)F)cc3C(F)(F)F)c2)C1=O)NC(=O)OC(C)(C)C. The third kappa shape index (κ3) is 11.6. The van der Waals surface area contributed by atoms with E-state index in [0.29, 0.717) is 34.3 Å². The van der Waals surface area contributed by atoms with E-state index in [-0.39, 0.29) is 24.1 Å². The molecule has 4 amide bonds. The Labute approximate surface area is 303 Å². The number of rotatable bonds is 10. The van der Waals surface area contributed by atoms with E-state index in [2.05, 4.69) is 21.2 Å². The van der Waals surface area contributed by atoms with Crippen LogP contribution in [-0.2, 0) is 38.0 Å². The summed E-state index contributed by atoms with van der Waals surface area (Å²) in [6.45, 7) is 8.86. The Bertz CT molecular complexity index is 1870. The average molecular weight is 775 g/mol. The number of thioether (sulfide) groups is 1. The number of alkyl carbamates (subject to hydrolysis) is 2. The van der Waals surface area contributed by atoms with Crippen molar-refractivity contribution in [1.82, 2.24) is 30.8 Å². The van der Waals surface area contributed by atoms with Crippen molar-refractivity contribution in [3.63, 3.8) is 0 Å². The number of aromatic nitrogens is 2. The van der Waals surface area contributed by atoms with Crippen LogP contribution in [0.4, 0.5) is 40.7 Å². The van der Waals surface area contributed by atoms with Gasteiger partial charge in [0.2, 0.25) is 0 Å². The van der Waals surface area contributed by atoms with Crippen LogP contribution in [0.15, 0.2) is 47.5 Å². The molecule has 0 saturated carbocycles. The smallest absolute Gasteiger partial charge is 0.416 e. The molecule has 0 radical (unpaired) electrons. The maximum atomic E-state index is 13.7. The zero-order valence-electron chi connectivity index (χ0n) is 29.2. The number of hydrogen-bond donors (Lipinski definition) is 3. The van der Waals surface area contributed by atoms with E-state index in [1.807, 2.05) is 0 Å². The van der Waals surface area contributed by atoms with E-state index in [9.17, 15) is 45.5 Å². The van der Waals surface area contributed by atoms with Gasteiger partial charge in [0.1, 0.15) is 11.2 Å². The third-order valence-corrected chi connectivity index (χ3v) is 7.75. The van der Waals surface area contributed by atoms with Crippen molar-refractivity contribution in [3.8, 4) is 0 Å². The van der Waals surface area contributed by atoms with Gasteiger partial charge < -0.3 is 9.47 Å². The van der Waals surface area contributed by atoms with Gasteiger partial charge in [0.15, 0.2) is 6.29 Å². The zero-order valence-corrected chi connectivity index (χ0v) is 30.0. The summed E-state index contributed by atoms with van der Waals surface area (Å²) in [7, 11) is 0. The zero-order chi connectivity index (χ0) is 39.5. The van der Waals surface area contributed by atoms with Crippen LogP contribution in [0.3, 0.4) is 0 Å². The number of hydrogen-bond acceptors (Lipinski definition) is 10. The molecule has 0 aliphatic carbocycles. The van der Waals surface area contributed by atoms with E-state index < -0.39 is 76.4 Å². The number of nitrogens with zero attached hydrogens (tertiary/aromatic N) is 3. The summed E-state index contributed by atoms with van der Waals surface area (Å²) in [5.74, 6) is -0.642. The van der Waals surface area contributed by atoms with Crippen LogP contribution in [0, 0.1) is 0 Å². The molecule has 4 rings (SSSR count). The van der Waals surface area contributed by atoms with Gasteiger partial charge in [0.25, 0.3) is 11.1 Å². The van der Waals surface area contributed by atoms with Crippen LogP contribution in [0.5, 0.6) is 0 Å². The summed E-state index contributed by atoms with van der Waals surface area (Å²) in [6.07, 6.45) is -10.3. The number of halogens is 6. The lowest BCUT2D eigenvalue weighted by Crippen LogP contribution is -2.58. The second kappa shape index (κ2) is 15.7. The highest BCUT2D eigenvalue weighted by molar-refractivity contribution is 8.18. The number of benzene rings is 2. The number of ether oxygens (including phenoxy) is 2. The van der Waals surface area contributed by atoms with E-state index in [4.69, 9.17) is 14.3 Å².